The topological polar surface area (TPSA) is 69.7 Å². The number of nitrogens with zero attached hydrogens (tertiary/aromatic N) is 2. The first-order valence-electron chi connectivity index (χ1n) is 10.2. The third-order valence-electron chi connectivity index (χ3n) is 5.37. The van der Waals surface area contributed by atoms with Gasteiger partial charge in [-0.1, -0.05) is 44.2 Å². The van der Waals surface area contributed by atoms with Crippen molar-refractivity contribution in [1.82, 2.24) is 14.5 Å². The van der Waals surface area contributed by atoms with Crippen LogP contribution >= 0.6 is 0 Å². The molecule has 1 unspecified atom stereocenters. The first kappa shape index (κ1) is 23.3. The minimum Gasteiger partial charge on any atom is -0.348 e. The summed E-state index contributed by atoms with van der Waals surface area (Å²) in [5, 5.41) is 3.07. The Hall–Kier alpha value is -2.36. The average Bonchev–Trinajstić information content (AvgIpc) is 2.74. The summed E-state index contributed by atoms with van der Waals surface area (Å²) in [5.41, 5.74) is 1.04. The highest BCUT2D eigenvalue weighted by Gasteiger charge is 2.30. The molecule has 9 heteroatoms. The zero-order valence-corrected chi connectivity index (χ0v) is 18.4. The molecule has 2 aromatic carbocycles. The number of hydrogen-bond acceptors (Lipinski definition) is 4. The number of halogens is 2. The quantitative estimate of drug-likeness (QED) is 0.703. The van der Waals surface area contributed by atoms with Crippen molar-refractivity contribution < 1.29 is 22.0 Å². The fourth-order valence-corrected chi connectivity index (χ4v) is 5.07. The smallest absolute Gasteiger partial charge is 0.243 e. The molecular weight excluding hydrogens is 424 g/mol. The SMILES string of the molecule is CC(C)C(NC(=O)CN1CCN(S(=O)(=O)c2ccc(F)c(F)c2)CC1)c1ccccc1. The minimum absolute atomic E-state index is 0.108. The van der Waals surface area contributed by atoms with Gasteiger partial charge in [0.2, 0.25) is 15.9 Å². The Bertz CT molecular complexity index is 1010. The van der Waals surface area contributed by atoms with Gasteiger partial charge in [0.05, 0.1) is 17.5 Å². The molecule has 0 aliphatic carbocycles. The highest BCUT2D eigenvalue weighted by molar-refractivity contribution is 7.89. The van der Waals surface area contributed by atoms with Gasteiger partial charge in [-0.3, -0.25) is 9.69 Å². The predicted octanol–water partition coefficient (Wildman–Crippen LogP) is 2.78. The fourth-order valence-electron chi connectivity index (χ4n) is 3.63. The summed E-state index contributed by atoms with van der Waals surface area (Å²) in [6, 6.07) is 12.2. The summed E-state index contributed by atoms with van der Waals surface area (Å²) in [7, 11) is -3.92. The van der Waals surface area contributed by atoms with Gasteiger partial charge in [0.15, 0.2) is 11.6 Å². The van der Waals surface area contributed by atoms with Gasteiger partial charge in [-0.2, -0.15) is 4.31 Å². The van der Waals surface area contributed by atoms with E-state index in [4.69, 9.17) is 0 Å². The van der Waals surface area contributed by atoms with E-state index >= 15 is 0 Å². The molecule has 1 aliphatic rings. The molecule has 1 saturated heterocycles. The van der Waals surface area contributed by atoms with Crippen molar-refractivity contribution in [2.75, 3.05) is 32.7 Å². The van der Waals surface area contributed by atoms with E-state index in [0.717, 1.165) is 17.7 Å². The average molecular weight is 452 g/mol. The summed E-state index contributed by atoms with van der Waals surface area (Å²) in [6.45, 7) is 5.32. The van der Waals surface area contributed by atoms with Crippen molar-refractivity contribution in [2.45, 2.75) is 24.8 Å². The summed E-state index contributed by atoms with van der Waals surface area (Å²) >= 11 is 0. The van der Waals surface area contributed by atoms with Crippen molar-refractivity contribution in [1.29, 1.82) is 0 Å². The predicted molar refractivity (Wildman–Crippen MR) is 114 cm³/mol. The van der Waals surface area contributed by atoms with E-state index in [1.54, 1.807) is 0 Å². The maximum absolute atomic E-state index is 13.5. The molecule has 31 heavy (non-hydrogen) atoms. The van der Waals surface area contributed by atoms with Crippen LogP contribution in [0.5, 0.6) is 0 Å². The number of sulfonamides is 1. The highest BCUT2D eigenvalue weighted by Crippen LogP contribution is 2.22. The summed E-state index contributed by atoms with van der Waals surface area (Å²) in [6.07, 6.45) is 0. The van der Waals surface area contributed by atoms with Crippen LogP contribution in [0.15, 0.2) is 53.4 Å². The molecule has 1 atom stereocenters. The monoisotopic (exact) mass is 451 g/mol. The Morgan fingerprint density at radius 3 is 2.23 bits per heavy atom. The highest BCUT2D eigenvalue weighted by atomic mass is 32.2. The summed E-state index contributed by atoms with van der Waals surface area (Å²) in [4.78, 5) is 14.2. The molecule has 0 bridgehead atoms. The Morgan fingerprint density at radius 2 is 1.65 bits per heavy atom. The molecular formula is C22H27F2N3O3S. The lowest BCUT2D eigenvalue weighted by molar-refractivity contribution is -0.123. The van der Waals surface area contributed by atoms with Gasteiger partial charge < -0.3 is 5.32 Å². The lowest BCUT2D eigenvalue weighted by Crippen LogP contribution is -2.51. The molecule has 0 aromatic heterocycles. The Kier molecular flexibility index (Phi) is 7.40. The molecule has 3 rings (SSSR count). The number of carbonyl (C=O) groups is 1. The lowest BCUT2D eigenvalue weighted by Gasteiger charge is -2.34. The van der Waals surface area contributed by atoms with Crippen LogP contribution in [0.4, 0.5) is 8.78 Å². The van der Waals surface area contributed by atoms with Gasteiger partial charge in [0.1, 0.15) is 0 Å². The molecule has 0 radical (unpaired) electrons. The lowest BCUT2D eigenvalue weighted by atomic mass is 9.96. The van der Waals surface area contributed by atoms with Crippen molar-refractivity contribution in [2.24, 2.45) is 5.92 Å². The van der Waals surface area contributed by atoms with Crippen LogP contribution in [0, 0.1) is 17.6 Å². The van der Waals surface area contributed by atoms with Gasteiger partial charge in [-0.05, 0) is 29.7 Å². The summed E-state index contributed by atoms with van der Waals surface area (Å²) in [5.74, 6) is -2.21. The molecule has 1 N–H and O–H groups in total. The number of rotatable bonds is 7. The standard InChI is InChI=1S/C22H27F2N3O3S/c1-16(2)22(17-6-4-3-5-7-17)25-21(28)15-26-10-12-27(13-11-26)31(29,30)18-8-9-19(23)20(24)14-18/h3-9,14,16,22H,10-13,15H2,1-2H3,(H,25,28). The molecule has 6 nitrogen and oxygen atoms in total. The van der Waals surface area contributed by atoms with Crippen molar-refractivity contribution >= 4 is 15.9 Å². The maximum Gasteiger partial charge on any atom is 0.243 e. The van der Waals surface area contributed by atoms with E-state index in [1.165, 1.54) is 4.31 Å². The van der Waals surface area contributed by atoms with Gasteiger partial charge in [0, 0.05) is 26.2 Å². The molecule has 2 aromatic rings. The van der Waals surface area contributed by atoms with Crippen molar-refractivity contribution in [3.8, 4) is 0 Å². The van der Waals surface area contributed by atoms with Crippen LogP contribution in [0.25, 0.3) is 0 Å². The number of nitrogens with one attached hydrogen (secondary N) is 1. The van der Waals surface area contributed by atoms with Crippen molar-refractivity contribution in [3.63, 3.8) is 0 Å². The molecule has 168 valence electrons. The zero-order chi connectivity index (χ0) is 22.6. The Balaban J connectivity index is 1.57. The van der Waals surface area contributed by atoms with Crippen LogP contribution in [-0.4, -0.2) is 56.3 Å². The van der Waals surface area contributed by atoms with Crippen LogP contribution < -0.4 is 5.32 Å². The largest absolute Gasteiger partial charge is 0.348 e. The van der Waals surface area contributed by atoms with Gasteiger partial charge in [0.25, 0.3) is 0 Å². The Labute approximate surface area is 181 Å². The molecule has 1 heterocycles. The second-order valence-corrected chi connectivity index (χ2v) is 9.89. The molecule has 1 amide bonds. The van der Waals surface area contributed by atoms with Crippen LogP contribution in [0.2, 0.25) is 0 Å². The first-order valence-corrected chi connectivity index (χ1v) is 11.6. The van der Waals surface area contributed by atoms with E-state index in [-0.39, 0.29) is 42.4 Å². The number of amides is 1. The van der Waals surface area contributed by atoms with Crippen LogP contribution in [-0.2, 0) is 14.8 Å². The molecule has 1 fully saturated rings. The fraction of sp³-hybridized carbons (Fsp3) is 0.409. The number of carbonyl (C=O) groups excluding carboxylic acids is 1. The molecule has 1 aliphatic heterocycles. The van der Waals surface area contributed by atoms with E-state index in [0.29, 0.717) is 19.2 Å². The maximum atomic E-state index is 13.5. The van der Waals surface area contributed by atoms with Crippen molar-refractivity contribution in [3.05, 3.63) is 65.7 Å². The minimum atomic E-state index is -3.92. The van der Waals surface area contributed by atoms with E-state index in [2.05, 4.69) is 5.32 Å². The van der Waals surface area contributed by atoms with E-state index < -0.39 is 21.7 Å². The first-order chi connectivity index (χ1) is 14.7. The molecule has 0 saturated carbocycles. The number of piperazine rings is 1. The number of benzene rings is 2. The second kappa shape index (κ2) is 9.84. The zero-order valence-electron chi connectivity index (χ0n) is 17.6. The van der Waals surface area contributed by atoms with Gasteiger partial charge in [-0.25, -0.2) is 17.2 Å². The molecule has 0 spiro atoms. The normalized spacial score (nSPS) is 16.9. The van der Waals surface area contributed by atoms with E-state index in [9.17, 15) is 22.0 Å². The van der Waals surface area contributed by atoms with Gasteiger partial charge >= 0.3 is 0 Å². The van der Waals surface area contributed by atoms with Crippen LogP contribution in [0.1, 0.15) is 25.5 Å². The Morgan fingerprint density at radius 1 is 1.00 bits per heavy atom. The third kappa shape index (κ3) is 5.66. The van der Waals surface area contributed by atoms with Gasteiger partial charge in [-0.15, -0.1) is 0 Å². The van der Waals surface area contributed by atoms with E-state index in [1.807, 2.05) is 49.1 Å². The number of hydrogen-bond donors (Lipinski definition) is 1. The second-order valence-electron chi connectivity index (χ2n) is 7.96. The third-order valence-corrected chi connectivity index (χ3v) is 7.26. The summed E-state index contributed by atoms with van der Waals surface area (Å²) < 4.78 is 53.2. The van der Waals surface area contributed by atoms with Crippen LogP contribution in [0.3, 0.4) is 0 Å².